The first-order valence-corrected chi connectivity index (χ1v) is 6.17. The lowest BCUT2D eigenvalue weighted by Gasteiger charge is -2.01. The van der Waals surface area contributed by atoms with Crippen molar-refractivity contribution in [3.63, 3.8) is 0 Å². The summed E-state index contributed by atoms with van der Waals surface area (Å²) in [6, 6.07) is 5.44. The molecule has 1 heterocycles. The summed E-state index contributed by atoms with van der Waals surface area (Å²) in [6.07, 6.45) is 3.53. The number of hydrogen-bond donors (Lipinski definition) is 1. The van der Waals surface area contributed by atoms with Crippen LogP contribution in [0.4, 0.5) is 4.39 Å². The Morgan fingerprint density at radius 3 is 3.00 bits per heavy atom. The van der Waals surface area contributed by atoms with E-state index in [-0.39, 0.29) is 6.54 Å². The van der Waals surface area contributed by atoms with Gasteiger partial charge in [-0.1, -0.05) is 19.4 Å². The number of nitrogens with zero attached hydrogens (tertiary/aromatic N) is 1. The summed E-state index contributed by atoms with van der Waals surface area (Å²) in [5.41, 5.74) is 8.17. The SMILES string of the molecule is CCCCc1nc2ccc(C(=CF)CN)cc2o1. The Kier molecular flexibility index (Phi) is 4.10. The van der Waals surface area contributed by atoms with E-state index in [1.54, 1.807) is 6.07 Å². The summed E-state index contributed by atoms with van der Waals surface area (Å²) in [5.74, 6) is 0.738. The van der Waals surface area contributed by atoms with Gasteiger partial charge in [0.05, 0.1) is 6.33 Å². The first-order chi connectivity index (χ1) is 8.78. The third-order valence-electron chi connectivity index (χ3n) is 2.90. The van der Waals surface area contributed by atoms with Crippen molar-refractivity contribution in [2.24, 2.45) is 5.73 Å². The monoisotopic (exact) mass is 248 g/mol. The van der Waals surface area contributed by atoms with Gasteiger partial charge in [0.15, 0.2) is 11.5 Å². The van der Waals surface area contributed by atoms with E-state index in [0.29, 0.717) is 17.5 Å². The van der Waals surface area contributed by atoms with Crippen LogP contribution in [0.15, 0.2) is 28.9 Å². The van der Waals surface area contributed by atoms with Gasteiger partial charge < -0.3 is 10.2 Å². The van der Waals surface area contributed by atoms with Crippen molar-refractivity contribution >= 4 is 16.7 Å². The molecule has 4 heteroatoms. The smallest absolute Gasteiger partial charge is 0.195 e. The highest BCUT2D eigenvalue weighted by atomic mass is 19.1. The van der Waals surface area contributed by atoms with E-state index in [2.05, 4.69) is 11.9 Å². The highest BCUT2D eigenvalue weighted by Gasteiger charge is 2.08. The molecule has 0 radical (unpaired) electrons. The van der Waals surface area contributed by atoms with Gasteiger partial charge in [0, 0.05) is 18.5 Å². The van der Waals surface area contributed by atoms with Crippen molar-refractivity contribution in [1.82, 2.24) is 4.98 Å². The van der Waals surface area contributed by atoms with Crippen molar-refractivity contribution in [2.45, 2.75) is 26.2 Å². The fraction of sp³-hybridized carbons (Fsp3) is 0.357. The zero-order valence-electron chi connectivity index (χ0n) is 10.4. The molecule has 1 aromatic carbocycles. The third-order valence-corrected chi connectivity index (χ3v) is 2.90. The molecule has 3 nitrogen and oxygen atoms in total. The number of fused-ring (bicyclic) bond motifs is 1. The summed E-state index contributed by atoms with van der Waals surface area (Å²) in [6.45, 7) is 2.29. The van der Waals surface area contributed by atoms with Crippen LogP contribution in [0.25, 0.3) is 16.7 Å². The largest absolute Gasteiger partial charge is 0.441 e. The molecule has 2 rings (SSSR count). The molecule has 0 aliphatic heterocycles. The van der Waals surface area contributed by atoms with Crippen LogP contribution in [0.1, 0.15) is 31.2 Å². The molecule has 0 saturated heterocycles. The van der Waals surface area contributed by atoms with Gasteiger partial charge >= 0.3 is 0 Å². The Bertz CT molecular complexity index is 560. The molecule has 0 aliphatic carbocycles. The van der Waals surface area contributed by atoms with E-state index < -0.39 is 0 Å². The molecule has 18 heavy (non-hydrogen) atoms. The van der Waals surface area contributed by atoms with Crippen molar-refractivity contribution in [1.29, 1.82) is 0 Å². The van der Waals surface area contributed by atoms with Gasteiger partial charge in [-0.15, -0.1) is 0 Å². The fourth-order valence-corrected chi connectivity index (χ4v) is 1.83. The van der Waals surface area contributed by atoms with Gasteiger partial charge in [0.2, 0.25) is 0 Å². The maximum Gasteiger partial charge on any atom is 0.195 e. The van der Waals surface area contributed by atoms with Gasteiger partial charge in [-0.05, 0) is 24.1 Å². The molecule has 0 aliphatic rings. The average Bonchev–Trinajstić information content (AvgIpc) is 2.80. The van der Waals surface area contributed by atoms with E-state index in [1.165, 1.54) is 0 Å². The number of benzene rings is 1. The zero-order valence-corrected chi connectivity index (χ0v) is 10.4. The highest BCUT2D eigenvalue weighted by Crippen LogP contribution is 2.22. The van der Waals surface area contributed by atoms with Crippen LogP contribution < -0.4 is 5.73 Å². The first-order valence-electron chi connectivity index (χ1n) is 6.17. The number of nitrogens with two attached hydrogens (primary N) is 1. The molecule has 0 amide bonds. The van der Waals surface area contributed by atoms with Crippen LogP contribution >= 0.6 is 0 Å². The topological polar surface area (TPSA) is 52.0 Å². The maximum absolute atomic E-state index is 12.6. The zero-order chi connectivity index (χ0) is 13.0. The maximum atomic E-state index is 12.6. The summed E-state index contributed by atoms with van der Waals surface area (Å²) < 4.78 is 18.3. The fourth-order valence-electron chi connectivity index (χ4n) is 1.83. The van der Waals surface area contributed by atoms with Crippen molar-refractivity contribution in [3.05, 3.63) is 36.0 Å². The quantitative estimate of drug-likeness (QED) is 0.881. The molecular weight excluding hydrogens is 231 g/mol. The van der Waals surface area contributed by atoms with Gasteiger partial charge in [-0.2, -0.15) is 0 Å². The molecule has 0 atom stereocenters. The van der Waals surface area contributed by atoms with Gasteiger partial charge in [0.25, 0.3) is 0 Å². The Labute approximate surface area is 105 Å². The Morgan fingerprint density at radius 1 is 1.50 bits per heavy atom. The predicted octanol–water partition coefficient (Wildman–Crippen LogP) is 3.44. The van der Waals surface area contributed by atoms with Crippen LogP contribution in [-0.2, 0) is 6.42 Å². The minimum atomic E-state index is 0.166. The highest BCUT2D eigenvalue weighted by molar-refractivity contribution is 5.79. The molecule has 0 spiro atoms. The van der Waals surface area contributed by atoms with Gasteiger partial charge in [-0.25, -0.2) is 9.37 Å². The minimum absolute atomic E-state index is 0.166. The number of hydrogen-bond acceptors (Lipinski definition) is 3. The Hall–Kier alpha value is -1.68. The van der Waals surface area contributed by atoms with Gasteiger partial charge in [0.1, 0.15) is 5.52 Å². The number of aromatic nitrogens is 1. The summed E-state index contributed by atoms with van der Waals surface area (Å²) in [7, 11) is 0. The number of aryl methyl sites for hydroxylation is 1. The Morgan fingerprint density at radius 2 is 2.33 bits per heavy atom. The number of halogens is 1. The predicted molar refractivity (Wildman–Crippen MR) is 70.8 cm³/mol. The molecular formula is C14H17FN2O. The summed E-state index contributed by atoms with van der Waals surface area (Å²) >= 11 is 0. The molecule has 96 valence electrons. The number of oxazole rings is 1. The summed E-state index contributed by atoms with van der Waals surface area (Å²) in [5, 5.41) is 0. The molecule has 0 unspecified atom stereocenters. The summed E-state index contributed by atoms with van der Waals surface area (Å²) in [4.78, 5) is 4.39. The first kappa shape index (κ1) is 12.8. The molecule has 1 aromatic heterocycles. The van der Waals surface area contributed by atoms with Crippen molar-refractivity contribution in [2.75, 3.05) is 6.54 Å². The molecule has 0 fully saturated rings. The van der Waals surface area contributed by atoms with E-state index in [4.69, 9.17) is 10.2 Å². The van der Waals surface area contributed by atoms with Gasteiger partial charge in [-0.3, -0.25) is 0 Å². The average molecular weight is 248 g/mol. The second kappa shape index (κ2) is 5.78. The number of unbranched alkanes of at least 4 members (excludes halogenated alkanes) is 1. The lowest BCUT2D eigenvalue weighted by atomic mass is 10.1. The second-order valence-corrected chi connectivity index (χ2v) is 4.23. The minimum Gasteiger partial charge on any atom is -0.441 e. The van der Waals surface area contributed by atoms with E-state index in [9.17, 15) is 4.39 Å². The normalized spacial score (nSPS) is 12.3. The Balaban J connectivity index is 2.33. The van der Waals surface area contributed by atoms with Crippen molar-refractivity contribution < 1.29 is 8.81 Å². The molecule has 2 N–H and O–H groups in total. The van der Waals surface area contributed by atoms with Crippen LogP contribution in [0.5, 0.6) is 0 Å². The van der Waals surface area contributed by atoms with Crippen LogP contribution in [0.3, 0.4) is 0 Å². The second-order valence-electron chi connectivity index (χ2n) is 4.23. The molecule has 2 aromatic rings. The van der Waals surface area contributed by atoms with E-state index in [0.717, 1.165) is 36.2 Å². The van der Waals surface area contributed by atoms with Crippen molar-refractivity contribution in [3.8, 4) is 0 Å². The van der Waals surface area contributed by atoms with Crippen LogP contribution in [-0.4, -0.2) is 11.5 Å². The van der Waals surface area contributed by atoms with E-state index >= 15 is 0 Å². The number of rotatable bonds is 5. The van der Waals surface area contributed by atoms with E-state index in [1.807, 2.05) is 12.1 Å². The molecule has 0 bridgehead atoms. The molecule has 0 saturated carbocycles. The van der Waals surface area contributed by atoms with Crippen LogP contribution in [0, 0.1) is 0 Å². The third kappa shape index (κ3) is 2.59. The lowest BCUT2D eigenvalue weighted by molar-refractivity contribution is 0.517. The van der Waals surface area contributed by atoms with Crippen LogP contribution in [0.2, 0.25) is 0 Å². The lowest BCUT2D eigenvalue weighted by Crippen LogP contribution is -2.01. The standard InChI is InChI=1S/C14H17FN2O/c1-2-3-4-14-17-12-6-5-10(7-13(12)18-14)11(8-15)9-16/h5-8H,2-4,9,16H2,1H3.